The fraction of sp³-hybridized carbons (Fsp3) is 0.909. The quantitative estimate of drug-likeness (QED) is 0.427. The molecule has 3 nitrogen and oxygen atoms in total. The van der Waals surface area contributed by atoms with E-state index in [4.69, 9.17) is 0 Å². The topological polar surface area (TPSA) is 36.4 Å². The average Bonchev–Trinajstić information content (AvgIpc) is 2.79. The van der Waals surface area contributed by atoms with Crippen molar-refractivity contribution in [1.29, 1.82) is 0 Å². The first-order valence-corrected chi connectivity index (χ1v) is 7.11. The van der Waals surface area contributed by atoms with Gasteiger partial charge in [0, 0.05) is 18.3 Å². The van der Waals surface area contributed by atoms with Crippen LogP contribution in [0.3, 0.4) is 0 Å². The number of hydrogen-bond acceptors (Lipinski definition) is 2. The maximum atomic E-state index is 12.0. The Morgan fingerprint density at radius 3 is 3.00 bits per heavy atom. The number of aliphatic imine (C=N–C) groups is 1. The molecule has 0 aromatic rings. The second-order valence-electron chi connectivity index (χ2n) is 3.82. The van der Waals surface area contributed by atoms with Crippen molar-refractivity contribution in [3.63, 3.8) is 0 Å². The van der Waals surface area contributed by atoms with Gasteiger partial charge in [0.2, 0.25) is 0 Å². The molecular formula is C11H22FN3S. The van der Waals surface area contributed by atoms with E-state index in [-0.39, 0.29) is 6.67 Å². The number of alkyl halides is 1. The summed E-state index contributed by atoms with van der Waals surface area (Å²) < 4.78 is 12.0. The highest BCUT2D eigenvalue weighted by molar-refractivity contribution is 8.00. The SMILES string of the molecule is CCNC(=NCC1CCCS1)NCCCF. The molecule has 1 heterocycles. The fourth-order valence-electron chi connectivity index (χ4n) is 1.60. The molecule has 1 fully saturated rings. The maximum Gasteiger partial charge on any atom is 0.191 e. The van der Waals surface area contributed by atoms with Gasteiger partial charge in [0.15, 0.2) is 5.96 Å². The van der Waals surface area contributed by atoms with Gasteiger partial charge in [-0.2, -0.15) is 11.8 Å². The monoisotopic (exact) mass is 247 g/mol. The largest absolute Gasteiger partial charge is 0.357 e. The van der Waals surface area contributed by atoms with E-state index in [2.05, 4.69) is 15.6 Å². The molecule has 0 amide bonds. The zero-order valence-electron chi connectivity index (χ0n) is 9.97. The van der Waals surface area contributed by atoms with E-state index >= 15 is 0 Å². The van der Waals surface area contributed by atoms with Crippen LogP contribution in [0.5, 0.6) is 0 Å². The first-order valence-electron chi connectivity index (χ1n) is 6.06. The van der Waals surface area contributed by atoms with E-state index in [1.54, 1.807) is 0 Å². The van der Waals surface area contributed by atoms with Gasteiger partial charge in [0.1, 0.15) is 0 Å². The maximum absolute atomic E-state index is 12.0. The van der Waals surface area contributed by atoms with Gasteiger partial charge in [0.05, 0.1) is 13.2 Å². The molecule has 1 saturated heterocycles. The second-order valence-corrected chi connectivity index (χ2v) is 5.23. The highest BCUT2D eigenvalue weighted by Gasteiger charge is 2.14. The third-order valence-electron chi connectivity index (χ3n) is 2.42. The molecule has 0 spiro atoms. The lowest BCUT2D eigenvalue weighted by Crippen LogP contribution is -2.38. The summed E-state index contributed by atoms with van der Waals surface area (Å²) in [6, 6.07) is 0. The highest BCUT2D eigenvalue weighted by atomic mass is 32.2. The van der Waals surface area contributed by atoms with Crippen LogP contribution < -0.4 is 10.6 Å². The van der Waals surface area contributed by atoms with Gasteiger partial charge in [-0.05, 0) is 31.9 Å². The Labute approximate surface area is 102 Å². The van der Waals surface area contributed by atoms with Crippen molar-refractivity contribution in [2.45, 2.75) is 31.4 Å². The summed E-state index contributed by atoms with van der Waals surface area (Å²) in [5.74, 6) is 2.09. The van der Waals surface area contributed by atoms with E-state index in [1.807, 2.05) is 18.7 Å². The minimum atomic E-state index is -0.273. The molecule has 1 unspecified atom stereocenters. The Balaban J connectivity index is 2.25. The van der Waals surface area contributed by atoms with Gasteiger partial charge in [0.25, 0.3) is 0 Å². The number of halogens is 1. The number of rotatable bonds is 6. The van der Waals surface area contributed by atoms with Crippen LogP contribution in [0.4, 0.5) is 4.39 Å². The van der Waals surface area contributed by atoms with Crippen LogP contribution in [-0.2, 0) is 0 Å². The Morgan fingerprint density at radius 2 is 2.38 bits per heavy atom. The summed E-state index contributed by atoms with van der Waals surface area (Å²) in [6.07, 6.45) is 3.14. The molecule has 0 radical (unpaired) electrons. The molecule has 0 bridgehead atoms. The molecule has 5 heteroatoms. The Bertz CT molecular complexity index is 205. The molecule has 1 aliphatic heterocycles. The number of guanidine groups is 1. The van der Waals surface area contributed by atoms with E-state index in [1.165, 1.54) is 18.6 Å². The van der Waals surface area contributed by atoms with Crippen LogP contribution >= 0.6 is 11.8 Å². The lowest BCUT2D eigenvalue weighted by atomic mass is 10.2. The minimum absolute atomic E-state index is 0.273. The predicted molar refractivity (Wildman–Crippen MR) is 70.1 cm³/mol. The number of nitrogens with zero attached hydrogens (tertiary/aromatic N) is 1. The van der Waals surface area contributed by atoms with Crippen molar-refractivity contribution in [3.8, 4) is 0 Å². The Morgan fingerprint density at radius 1 is 1.50 bits per heavy atom. The molecule has 0 aliphatic carbocycles. The lowest BCUT2D eigenvalue weighted by molar-refractivity contribution is 0.470. The molecule has 1 aliphatic rings. The standard InChI is InChI=1S/C11H22FN3S/c1-2-13-11(14-7-4-6-12)15-9-10-5-3-8-16-10/h10H,2-9H2,1H3,(H2,13,14,15). The molecule has 0 saturated carbocycles. The van der Waals surface area contributed by atoms with E-state index < -0.39 is 0 Å². The van der Waals surface area contributed by atoms with Crippen molar-refractivity contribution in [1.82, 2.24) is 10.6 Å². The summed E-state index contributed by atoms with van der Waals surface area (Å²) in [4.78, 5) is 4.52. The smallest absolute Gasteiger partial charge is 0.191 e. The number of thioether (sulfide) groups is 1. The molecule has 1 atom stereocenters. The van der Waals surface area contributed by atoms with Crippen molar-refractivity contribution in [2.75, 3.05) is 32.1 Å². The first kappa shape index (κ1) is 13.6. The van der Waals surface area contributed by atoms with E-state index in [0.29, 0.717) is 18.2 Å². The molecule has 1 rings (SSSR count). The van der Waals surface area contributed by atoms with Crippen molar-refractivity contribution in [3.05, 3.63) is 0 Å². The summed E-state index contributed by atoms with van der Waals surface area (Å²) in [5.41, 5.74) is 0. The fourth-order valence-corrected chi connectivity index (χ4v) is 2.78. The number of nitrogens with one attached hydrogen (secondary N) is 2. The van der Waals surface area contributed by atoms with E-state index in [9.17, 15) is 4.39 Å². The highest BCUT2D eigenvalue weighted by Crippen LogP contribution is 2.25. The second kappa shape index (κ2) is 8.67. The first-order chi connectivity index (χ1) is 7.86. The van der Waals surface area contributed by atoms with Gasteiger partial charge in [-0.25, -0.2) is 0 Å². The van der Waals surface area contributed by atoms with Gasteiger partial charge in [-0.1, -0.05) is 0 Å². The van der Waals surface area contributed by atoms with Crippen LogP contribution in [0.15, 0.2) is 4.99 Å². The third-order valence-corrected chi connectivity index (χ3v) is 3.80. The molecule has 0 aromatic heterocycles. The van der Waals surface area contributed by atoms with Crippen molar-refractivity contribution in [2.24, 2.45) is 4.99 Å². The zero-order valence-corrected chi connectivity index (χ0v) is 10.8. The van der Waals surface area contributed by atoms with Crippen LogP contribution in [0, 0.1) is 0 Å². The summed E-state index contributed by atoms with van der Waals surface area (Å²) in [7, 11) is 0. The Hall–Kier alpha value is -0.450. The molecule has 0 aromatic carbocycles. The summed E-state index contributed by atoms with van der Waals surface area (Å²) in [5, 5.41) is 6.99. The van der Waals surface area contributed by atoms with Crippen LogP contribution in [0.1, 0.15) is 26.2 Å². The zero-order chi connectivity index (χ0) is 11.6. The van der Waals surface area contributed by atoms with Crippen LogP contribution in [-0.4, -0.2) is 43.3 Å². The summed E-state index contributed by atoms with van der Waals surface area (Å²) >= 11 is 2.01. The van der Waals surface area contributed by atoms with Gasteiger partial charge in [-0.3, -0.25) is 9.38 Å². The van der Waals surface area contributed by atoms with Crippen LogP contribution in [0.2, 0.25) is 0 Å². The normalized spacial score (nSPS) is 21.1. The molecule has 94 valence electrons. The minimum Gasteiger partial charge on any atom is -0.357 e. The van der Waals surface area contributed by atoms with E-state index in [0.717, 1.165) is 19.0 Å². The van der Waals surface area contributed by atoms with Gasteiger partial charge >= 0.3 is 0 Å². The number of hydrogen-bond donors (Lipinski definition) is 2. The average molecular weight is 247 g/mol. The Kier molecular flexibility index (Phi) is 7.38. The van der Waals surface area contributed by atoms with Crippen molar-refractivity contribution >= 4 is 17.7 Å². The summed E-state index contributed by atoms with van der Waals surface area (Å²) in [6.45, 7) is 4.14. The van der Waals surface area contributed by atoms with Gasteiger partial charge < -0.3 is 10.6 Å². The van der Waals surface area contributed by atoms with Crippen molar-refractivity contribution < 1.29 is 4.39 Å². The van der Waals surface area contributed by atoms with Crippen LogP contribution in [0.25, 0.3) is 0 Å². The predicted octanol–water partition coefficient (Wildman–Crippen LogP) is 1.80. The third kappa shape index (κ3) is 5.58. The molecular weight excluding hydrogens is 225 g/mol. The molecule has 16 heavy (non-hydrogen) atoms. The lowest BCUT2D eigenvalue weighted by Gasteiger charge is -2.11. The molecule has 2 N–H and O–H groups in total. The van der Waals surface area contributed by atoms with Gasteiger partial charge in [-0.15, -0.1) is 0 Å².